The summed E-state index contributed by atoms with van der Waals surface area (Å²) in [5.41, 5.74) is 3.34. The lowest BCUT2D eigenvalue weighted by Gasteiger charge is -2.31. The second kappa shape index (κ2) is 5.19. The predicted molar refractivity (Wildman–Crippen MR) is 78.4 cm³/mol. The number of hydrogen-bond donors (Lipinski definition) is 0. The summed E-state index contributed by atoms with van der Waals surface area (Å²) in [6, 6.07) is 0. The number of hydrogen-bond acceptors (Lipinski definition) is 3. The van der Waals surface area contributed by atoms with Crippen molar-refractivity contribution in [2.75, 3.05) is 13.4 Å². The summed E-state index contributed by atoms with van der Waals surface area (Å²) in [4.78, 5) is 4.67. The number of thioether (sulfide) groups is 1. The van der Waals surface area contributed by atoms with Gasteiger partial charge in [-0.05, 0) is 26.5 Å². The van der Waals surface area contributed by atoms with Gasteiger partial charge in [-0.1, -0.05) is 24.3 Å². The molecule has 0 bridgehead atoms. The number of methoxy groups -OCH3 is 1. The van der Waals surface area contributed by atoms with Gasteiger partial charge >= 0.3 is 0 Å². The topological polar surface area (TPSA) is 22.1 Å². The van der Waals surface area contributed by atoms with Gasteiger partial charge in [0.05, 0.1) is 17.6 Å². The second-order valence-corrected chi connectivity index (χ2v) is 5.67. The van der Waals surface area contributed by atoms with Gasteiger partial charge in [0, 0.05) is 17.3 Å². The molecule has 0 saturated heterocycles. The monoisotopic (exact) mass is 261 g/mol. The van der Waals surface area contributed by atoms with Crippen molar-refractivity contribution in [3.05, 3.63) is 47.3 Å². The van der Waals surface area contributed by atoms with E-state index in [2.05, 4.69) is 42.5 Å². The first kappa shape index (κ1) is 13.2. The van der Waals surface area contributed by atoms with Crippen LogP contribution in [0.25, 0.3) is 0 Å². The number of ether oxygens (including phenoxy) is 1. The lowest BCUT2D eigenvalue weighted by atomic mass is 9.92. The van der Waals surface area contributed by atoms with Crippen molar-refractivity contribution in [2.45, 2.75) is 25.0 Å². The van der Waals surface area contributed by atoms with Crippen LogP contribution in [-0.2, 0) is 4.75 Å². The predicted octanol–water partition coefficient (Wildman–Crippen LogP) is 3.78. The summed E-state index contributed by atoms with van der Waals surface area (Å²) in [5.74, 6) is 0.955. The molecule has 1 heterocycles. The Morgan fingerprint density at radius 3 is 2.67 bits per heavy atom. The Hall–Kier alpha value is -1.22. The van der Waals surface area contributed by atoms with Crippen LogP contribution in [0, 0.1) is 13.8 Å². The van der Waals surface area contributed by atoms with Gasteiger partial charge < -0.3 is 4.74 Å². The third kappa shape index (κ3) is 2.07. The molecule has 1 aliphatic carbocycles. The molecule has 0 radical (unpaired) electrons. The maximum atomic E-state index is 5.51. The van der Waals surface area contributed by atoms with Gasteiger partial charge in [-0.2, -0.15) is 0 Å². The zero-order valence-electron chi connectivity index (χ0n) is 11.4. The van der Waals surface area contributed by atoms with E-state index in [0.29, 0.717) is 0 Å². The van der Waals surface area contributed by atoms with Crippen molar-refractivity contribution in [1.29, 1.82) is 0 Å². The quantitative estimate of drug-likeness (QED) is 0.826. The van der Waals surface area contributed by atoms with Gasteiger partial charge in [0.1, 0.15) is 5.75 Å². The zero-order chi connectivity index (χ0) is 13.2. The van der Waals surface area contributed by atoms with Gasteiger partial charge in [-0.25, -0.2) is 0 Å². The molecule has 96 valence electrons. The first-order valence-corrected chi connectivity index (χ1v) is 7.27. The molecule has 0 fully saturated rings. The average molecular weight is 261 g/mol. The average Bonchev–Trinajstić information content (AvgIpc) is 2.40. The number of nitrogens with zero attached hydrogens (tertiary/aromatic N) is 1. The molecule has 0 amide bonds. The van der Waals surface area contributed by atoms with Crippen molar-refractivity contribution in [1.82, 2.24) is 4.98 Å². The molecule has 18 heavy (non-hydrogen) atoms. The molecule has 3 heteroatoms. The van der Waals surface area contributed by atoms with Crippen molar-refractivity contribution in [3.8, 4) is 5.75 Å². The molecule has 0 saturated carbocycles. The maximum Gasteiger partial charge on any atom is 0.128 e. The number of pyridine rings is 1. The highest BCUT2D eigenvalue weighted by molar-refractivity contribution is 7.99. The van der Waals surface area contributed by atoms with Gasteiger partial charge in [0.15, 0.2) is 0 Å². The number of rotatable bonds is 3. The van der Waals surface area contributed by atoms with Crippen LogP contribution in [0.5, 0.6) is 5.75 Å². The van der Waals surface area contributed by atoms with E-state index in [1.54, 1.807) is 7.11 Å². The SMILES string of the molecule is COc1c(C)cnc(C2(SC)C=CC=CC2)c1C. The van der Waals surface area contributed by atoms with Crippen LogP contribution < -0.4 is 4.74 Å². The minimum Gasteiger partial charge on any atom is -0.496 e. The molecule has 0 aliphatic heterocycles. The maximum absolute atomic E-state index is 5.51. The van der Waals surface area contributed by atoms with E-state index in [4.69, 9.17) is 4.74 Å². The minimum absolute atomic E-state index is 0.0557. The molecule has 0 aromatic carbocycles. The van der Waals surface area contributed by atoms with Crippen LogP contribution >= 0.6 is 11.8 Å². The Morgan fingerprint density at radius 2 is 2.11 bits per heavy atom. The Kier molecular flexibility index (Phi) is 3.81. The summed E-state index contributed by atoms with van der Waals surface area (Å²) in [5, 5.41) is 0. The summed E-state index contributed by atoms with van der Waals surface area (Å²) < 4.78 is 5.45. The minimum atomic E-state index is -0.0557. The highest BCUT2D eigenvalue weighted by atomic mass is 32.2. The first-order valence-electron chi connectivity index (χ1n) is 6.05. The molecule has 2 rings (SSSR count). The molecule has 2 nitrogen and oxygen atoms in total. The van der Waals surface area contributed by atoms with Crippen LogP contribution in [0.15, 0.2) is 30.5 Å². The third-order valence-electron chi connectivity index (χ3n) is 3.44. The summed E-state index contributed by atoms with van der Waals surface area (Å²) in [7, 11) is 1.72. The zero-order valence-corrected chi connectivity index (χ0v) is 12.2. The molecular formula is C15H19NOS. The molecule has 1 aromatic heterocycles. The van der Waals surface area contributed by atoms with E-state index in [1.807, 2.05) is 24.9 Å². The molecule has 1 atom stereocenters. The molecule has 0 spiro atoms. The highest BCUT2D eigenvalue weighted by Gasteiger charge is 2.32. The highest BCUT2D eigenvalue weighted by Crippen LogP contribution is 2.44. The summed E-state index contributed by atoms with van der Waals surface area (Å²) in [6.07, 6.45) is 13.7. The van der Waals surface area contributed by atoms with E-state index in [-0.39, 0.29) is 4.75 Å². The number of allylic oxidation sites excluding steroid dienone is 3. The van der Waals surface area contributed by atoms with Crippen molar-refractivity contribution in [2.24, 2.45) is 0 Å². The molecule has 1 aromatic rings. The molecular weight excluding hydrogens is 242 g/mol. The molecule has 1 aliphatic rings. The fourth-order valence-corrected chi connectivity index (χ4v) is 3.36. The van der Waals surface area contributed by atoms with Crippen LogP contribution in [0.2, 0.25) is 0 Å². The van der Waals surface area contributed by atoms with Gasteiger partial charge in [0.2, 0.25) is 0 Å². The van der Waals surface area contributed by atoms with Crippen LogP contribution in [-0.4, -0.2) is 18.3 Å². The summed E-state index contributed by atoms with van der Waals surface area (Å²) >= 11 is 1.83. The number of aryl methyl sites for hydroxylation is 1. The Morgan fingerprint density at radius 1 is 1.33 bits per heavy atom. The second-order valence-electron chi connectivity index (χ2n) is 4.53. The summed E-state index contributed by atoms with van der Waals surface area (Å²) in [6.45, 7) is 4.13. The van der Waals surface area contributed by atoms with E-state index in [0.717, 1.165) is 29.0 Å². The van der Waals surface area contributed by atoms with Crippen LogP contribution in [0.3, 0.4) is 0 Å². The van der Waals surface area contributed by atoms with Crippen molar-refractivity contribution >= 4 is 11.8 Å². The molecule has 1 unspecified atom stereocenters. The van der Waals surface area contributed by atoms with Crippen molar-refractivity contribution in [3.63, 3.8) is 0 Å². The van der Waals surface area contributed by atoms with Gasteiger partial charge in [0.25, 0.3) is 0 Å². The molecule has 0 N–H and O–H groups in total. The third-order valence-corrected chi connectivity index (χ3v) is 4.67. The van der Waals surface area contributed by atoms with Crippen LogP contribution in [0.4, 0.5) is 0 Å². The van der Waals surface area contributed by atoms with E-state index >= 15 is 0 Å². The van der Waals surface area contributed by atoms with Crippen LogP contribution in [0.1, 0.15) is 23.2 Å². The first-order chi connectivity index (χ1) is 8.64. The van der Waals surface area contributed by atoms with E-state index < -0.39 is 0 Å². The lowest BCUT2D eigenvalue weighted by molar-refractivity contribution is 0.406. The fourth-order valence-electron chi connectivity index (χ4n) is 2.49. The lowest BCUT2D eigenvalue weighted by Crippen LogP contribution is -2.23. The smallest absolute Gasteiger partial charge is 0.128 e. The van der Waals surface area contributed by atoms with E-state index in [9.17, 15) is 0 Å². The van der Waals surface area contributed by atoms with Gasteiger partial charge in [-0.3, -0.25) is 4.98 Å². The van der Waals surface area contributed by atoms with Crippen molar-refractivity contribution < 1.29 is 4.74 Å². The Balaban J connectivity index is 2.57. The number of aromatic nitrogens is 1. The fraction of sp³-hybridized carbons (Fsp3) is 0.400. The van der Waals surface area contributed by atoms with Gasteiger partial charge in [-0.15, -0.1) is 11.8 Å². The standard InChI is InChI=1S/C15H19NOS/c1-11-10-16-14(12(2)13(11)17-3)15(18-4)8-6-5-7-9-15/h5-8,10H,9H2,1-4H3. The Labute approximate surface area is 113 Å². The Bertz CT molecular complexity index is 507. The normalized spacial score (nSPS) is 22.2. The van der Waals surface area contributed by atoms with E-state index in [1.165, 1.54) is 0 Å². The largest absolute Gasteiger partial charge is 0.496 e.